The highest BCUT2D eigenvalue weighted by Crippen LogP contribution is 2.20. The lowest BCUT2D eigenvalue weighted by Crippen LogP contribution is -2.56. The highest BCUT2D eigenvalue weighted by Gasteiger charge is 2.29. The monoisotopic (exact) mass is 224 g/mol. The fourth-order valence-corrected chi connectivity index (χ4v) is 1.79. The topological polar surface area (TPSA) is 52.6 Å². The predicted octanol–water partition coefficient (Wildman–Crippen LogP) is 0.123. The molecule has 0 bridgehead atoms. The van der Waals surface area contributed by atoms with Crippen LogP contribution in [0, 0.1) is 5.82 Å². The van der Waals surface area contributed by atoms with E-state index in [1.165, 1.54) is 11.0 Å². The molecule has 0 radical (unpaired) electrons. The van der Waals surface area contributed by atoms with Crippen molar-refractivity contribution in [2.24, 2.45) is 0 Å². The fraction of sp³-hybridized carbons (Fsp3) is 0.364. The van der Waals surface area contributed by atoms with Crippen molar-refractivity contribution < 1.29 is 14.3 Å². The summed E-state index contributed by atoms with van der Waals surface area (Å²) in [5.74, 6) is -0.715. The van der Waals surface area contributed by atoms with Gasteiger partial charge in [0, 0.05) is 13.1 Å². The van der Waals surface area contributed by atoms with Crippen molar-refractivity contribution in [2.45, 2.75) is 6.04 Å². The molecule has 0 aliphatic carbocycles. The lowest BCUT2D eigenvalue weighted by molar-refractivity contribution is -0.122. The van der Waals surface area contributed by atoms with Crippen LogP contribution in [0.4, 0.5) is 10.1 Å². The van der Waals surface area contributed by atoms with Crippen molar-refractivity contribution in [1.29, 1.82) is 0 Å². The third-order valence-electron chi connectivity index (χ3n) is 2.62. The number of aliphatic hydroxyl groups excluding tert-OH is 1. The Morgan fingerprint density at radius 3 is 2.94 bits per heavy atom. The molecule has 1 fully saturated rings. The van der Waals surface area contributed by atoms with E-state index in [0.717, 1.165) is 0 Å². The molecule has 1 aliphatic rings. The molecule has 0 aromatic heterocycles. The first-order valence-corrected chi connectivity index (χ1v) is 5.14. The van der Waals surface area contributed by atoms with Crippen LogP contribution >= 0.6 is 0 Å². The summed E-state index contributed by atoms with van der Waals surface area (Å²) in [6.07, 6.45) is 0. The number of nitrogens with zero attached hydrogens (tertiary/aromatic N) is 1. The summed E-state index contributed by atoms with van der Waals surface area (Å²) in [4.78, 5) is 13.2. The number of halogens is 1. The minimum Gasteiger partial charge on any atom is -0.394 e. The van der Waals surface area contributed by atoms with Gasteiger partial charge in [0.1, 0.15) is 11.9 Å². The number of carbonyl (C=O) groups excluding carboxylic acids is 1. The number of piperazine rings is 1. The van der Waals surface area contributed by atoms with Crippen LogP contribution in [0.1, 0.15) is 0 Å². The quantitative estimate of drug-likeness (QED) is 0.750. The minimum absolute atomic E-state index is 0.271. The van der Waals surface area contributed by atoms with Crippen molar-refractivity contribution in [1.82, 2.24) is 5.32 Å². The maximum absolute atomic E-state index is 13.5. The molecule has 1 aliphatic heterocycles. The lowest BCUT2D eigenvalue weighted by atomic mass is 10.1. The van der Waals surface area contributed by atoms with E-state index in [1.54, 1.807) is 18.2 Å². The second kappa shape index (κ2) is 4.59. The van der Waals surface area contributed by atoms with E-state index in [2.05, 4.69) is 5.32 Å². The second-order valence-corrected chi connectivity index (χ2v) is 3.63. The molecule has 1 heterocycles. The number of aliphatic hydroxyl groups is 1. The standard InChI is InChI=1S/C11H13FN2O2/c12-8-3-1-2-4-10(8)14-6-5-13-9(7-15)11(14)16/h1-4,9,13,15H,5-7H2. The van der Waals surface area contributed by atoms with Gasteiger partial charge in [-0.15, -0.1) is 0 Å². The maximum Gasteiger partial charge on any atom is 0.246 e. The molecule has 0 spiro atoms. The van der Waals surface area contributed by atoms with E-state index in [9.17, 15) is 9.18 Å². The highest BCUT2D eigenvalue weighted by atomic mass is 19.1. The van der Waals surface area contributed by atoms with Crippen LogP contribution in [-0.2, 0) is 4.79 Å². The average Bonchev–Trinajstić information content (AvgIpc) is 2.31. The summed E-state index contributed by atoms with van der Waals surface area (Å²) in [6, 6.07) is 5.51. The number of nitrogens with one attached hydrogen (secondary N) is 1. The molecule has 1 atom stereocenters. The van der Waals surface area contributed by atoms with Crippen molar-refractivity contribution >= 4 is 11.6 Å². The number of benzene rings is 1. The number of hydrogen-bond donors (Lipinski definition) is 2. The minimum atomic E-state index is -0.631. The van der Waals surface area contributed by atoms with Crippen LogP contribution in [0.25, 0.3) is 0 Å². The Hall–Kier alpha value is -1.46. The number of carbonyl (C=O) groups is 1. The molecule has 1 aromatic carbocycles. The van der Waals surface area contributed by atoms with Gasteiger partial charge in [-0.05, 0) is 12.1 Å². The summed E-state index contributed by atoms with van der Waals surface area (Å²) >= 11 is 0. The smallest absolute Gasteiger partial charge is 0.246 e. The van der Waals surface area contributed by atoms with Gasteiger partial charge in [-0.3, -0.25) is 4.79 Å². The third kappa shape index (κ3) is 1.91. The van der Waals surface area contributed by atoms with E-state index in [1.807, 2.05) is 0 Å². The molecule has 1 aromatic rings. The Morgan fingerprint density at radius 2 is 2.25 bits per heavy atom. The third-order valence-corrected chi connectivity index (χ3v) is 2.62. The summed E-state index contributed by atoms with van der Waals surface area (Å²) in [7, 11) is 0. The van der Waals surface area contributed by atoms with Crippen LogP contribution < -0.4 is 10.2 Å². The molecular weight excluding hydrogens is 211 g/mol. The van der Waals surface area contributed by atoms with E-state index >= 15 is 0 Å². The molecule has 1 amide bonds. The number of hydrogen-bond acceptors (Lipinski definition) is 3. The van der Waals surface area contributed by atoms with E-state index in [0.29, 0.717) is 13.1 Å². The molecule has 16 heavy (non-hydrogen) atoms. The van der Waals surface area contributed by atoms with E-state index in [-0.39, 0.29) is 18.2 Å². The van der Waals surface area contributed by atoms with E-state index in [4.69, 9.17) is 5.11 Å². The van der Waals surface area contributed by atoms with Gasteiger partial charge in [0.2, 0.25) is 5.91 Å². The zero-order valence-corrected chi connectivity index (χ0v) is 8.69. The molecule has 5 heteroatoms. The first-order valence-electron chi connectivity index (χ1n) is 5.14. The number of anilines is 1. The van der Waals surface area contributed by atoms with Crippen LogP contribution in [-0.4, -0.2) is 36.8 Å². The van der Waals surface area contributed by atoms with Gasteiger partial charge in [-0.1, -0.05) is 12.1 Å². The average molecular weight is 224 g/mol. The highest BCUT2D eigenvalue weighted by molar-refractivity contribution is 5.98. The van der Waals surface area contributed by atoms with Crippen molar-refractivity contribution in [2.75, 3.05) is 24.6 Å². The van der Waals surface area contributed by atoms with Gasteiger partial charge in [-0.2, -0.15) is 0 Å². The molecule has 0 saturated carbocycles. The summed E-state index contributed by atoms with van der Waals surface area (Å²) in [5.41, 5.74) is 0.271. The van der Waals surface area contributed by atoms with Crippen molar-refractivity contribution in [3.8, 4) is 0 Å². The Labute approximate surface area is 92.7 Å². The first kappa shape index (κ1) is 11.0. The summed E-state index contributed by atoms with van der Waals surface area (Å²) < 4.78 is 13.5. The Bertz CT molecular complexity index is 397. The molecule has 1 unspecified atom stereocenters. The zero-order chi connectivity index (χ0) is 11.5. The van der Waals surface area contributed by atoms with Gasteiger partial charge in [-0.25, -0.2) is 4.39 Å². The molecule has 2 N–H and O–H groups in total. The molecule has 86 valence electrons. The second-order valence-electron chi connectivity index (χ2n) is 3.63. The number of rotatable bonds is 2. The molecule has 1 saturated heterocycles. The van der Waals surface area contributed by atoms with E-state index < -0.39 is 11.9 Å². The van der Waals surface area contributed by atoms with Crippen LogP contribution in [0.15, 0.2) is 24.3 Å². The molecular formula is C11H13FN2O2. The largest absolute Gasteiger partial charge is 0.394 e. The number of amides is 1. The SMILES string of the molecule is O=C1C(CO)NCCN1c1ccccc1F. The van der Waals surface area contributed by atoms with Crippen molar-refractivity contribution in [3.05, 3.63) is 30.1 Å². The zero-order valence-electron chi connectivity index (χ0n) is 8.69. The Kier molecular flexibility index (Phi) is 3.17. The van der Waals surface area contributed by atoms with Crippen LogP contribution in [0.3, 0.4) is 0 Å². The molecule has 2 rings (SSSR count). The van der Waals surface area contributed by atoms with Crippen LogP contribution in [0.5, 0.6) is 0 Å². The normalized spacial score (nSPS) is 21.2. The van der Waals surface area contributed by atoms with Gasteiger partial charge in [0.15, 0.2) is 0 Å². The predicted molar refractivity (Wildman–Crippen MR) is 57.6 cm³/mol. The molecule has 4 nitrogen and oxygen atoms in total. The summed E-state index contributed by atoms with van der Waals surface area (Å²) in [5, 5.41) is 11.9. The maximum atomic E-state index is 13.5. The summed E-state index contributed by atoms with van der Waals surface area (Å²) in [6.45, 7) is 0.686. The van der Waals surface area contributed by atoms with Gasteiger partial charge >= 0.3 is 0 Å². The Morgan fingerprint density at radius 1 is 1.50 bits per heavy atom. The Balaban J connectivity index is 2.27. The number of para-hydroxylation sites is 1. The van der Waals surface area contributed by atoms with Gasteiger partial charge in [0.25, 0.3) is 0 Å². The lowest BCUT2D eigenvalue weighted by Gasteiger charge is -2.32. The van der Waals surface area contributed by atoms with Gasteiger partial charge < -0.3 is 15.3 Å². The first-order chi connectivity index (χ1) is 7.74. The van der Waals surface area contributed by atoms with Crippen molar-refractivity contribution in [3.63, 3.8) is 0 Å². The van der Waals surface area contributed by atoms with Gasteiger partial charge in [0.05, 0.1) is 12.3 Å². The van der Waals surface area contributed by atoms with Crippen LogP contribution in [0.2, 0.25) is 0 Å². The fourth-order valence-electron chi connectivity index (χ4n) is 1.79.